The van der Waals surface area contributed by atoms with Gasteiger partial charge < -0.3 is 15.8 Å². The number of rotatable bonds is 9. The van der Waals surface area contributed by atoms with E-state index in [1.54, 1.807) is 0 Å². The molecule has 4 heteroatoms. The smallest absolute Gasteiger partial charge is 0.217 e. The van der Waals surface area contributed by atoms with Crippen LogP contribution in [0.2, 0.25) is 0 Å². The zero-order valence-electron chi connectivity index (χ0n) is 13.9. The van der Waals surface area contributed by atoms with Crippen LogP contribution < -0.4 is 11.1 Å². The number of carbonyl (C=O) groups is 2. The maximum Gasteiger partial charge on any atom is 0.217 e. The zero-order valence-corrected chi connectivity index (χ0v) is 13.9. The predicted octanol–water partition coefficient (Wildman–Crippen LogP) is 2.54. The first-order valence-electron chi connectivity index (χ1n) is 7.88. The van der Waals surface area contributed by atoms with Crippen LogP contribution in [0.4, 0.5) is 0 Å². The van der Waals surface area contributed by atoms with Gasteiger partial charge in [-0.1, -0.05) is 54.1 Å². The highest BCUT2D eigenvalue weighted by atomic mass is 16.1. The molecule has 23 heavy (non-hydrogen) atoms. The average molecular weight is 314 g/mol. The number of carbonyl (C=O) groups excluding carboxylic acids is 2. The highest BCUT2D eigenvalue weighted by Crippen LogP contribution is 2.07. The molecule has 0 heterocycles. The molecule has 0 spiro atoms. The maximum atomic E-state index is 11.1. The van der Waals surface area contributed by atoms with Crippen LogP contribution in [0.25, 0.3) is 0 Å². The number of amides is 1. The zero-order chi connectivity index (χ0) is 17.1. The van der Waals surface area contributed by atoms with E-state index in [1.807, 2.05) is 43.4 Å². The van der Waals surface area contributed by atoms with Crippen molar-refractivity contribution in [3.63, 3.8) is 0 Å². The van der Waals surface area contributed by atoms with E-state index >= 15 is 0 Å². The van der Waals surface area contributed by atoms with Gasteiger partial charge in [0.2, 0.25) is 5.91 Å². The van der Waals surface area contributed by atoms with Crippen LogP contribution in [-0.2, 0) is 16.0 Å². The summed E-state index contributed by atoms with van der Waals surface area (Å²) in [4.78, 5) is 21.7. The summed E-state index contributed by atoms with van der Waals surface area (Å²) < 4.78 is 0. The van der Waals surface area contributed by atoms with E-state index in [-0.39, 0.29) is 24.4 Å². The molecule has 0 aliphatic rings. The van der Waals surface area contributed by atoms with E-state index in [1.165, 1.54) is 12.5 Å². The molecule has 0 bridgehead atoms. The molecule has 0 aliphatic carbocycles. The second-order valence-corrected chi connectivity index (χ2v) is 5.67. The highest BCUT2D eigenvalue weighted by molar-refractivity contribution is 5.74. The number of nitrogens with two attached hydrogens (primary N) is 1. The molecule has 1 aromatic carbocycles. The summed E-state index contributed by atoms with van der Waals surface area (Å²) in [5, 5.41) is 2.72. The summed E-state index contributed by atoms with van der Waals surface area (Å²) in [5.74, 6) is -0.150. The summed E-state index contributed by atoms with van der Waals surface area (Å²) in [6, 6.07) is 9.96. The number of hydrogen-bond acceptors (Lipinski definition) is 3. The molecule has 1 amide bonds. The molecule has 2 atom stereocenters. The molecule has 0 fully saturated rings. The summed E-state index contributed by atoms with van der Waals surface area (Å²) in [5.41, 5.74) is 8.43. The van der Waals surface area contributed by atoms with Gasteiger partial charge in [-0.05, 0) is 25.3 Å². The van der Waals surface area contributed by atoms with Gasteiger partial charge in [-0.25, -0.2) is 0 Å². The summed E-state index contributed by atoms with van der Waals surface area (Å²) in [7, 11) is 0. The van der Waals surface area contributed by atoms with Crippen LogP contribution in [0.3, 0.4) is 0 Å². The first-order chi connectivity index (χ1) is 11.0. The predicted molar refractivity (Wildman–Crippen MR) is 93.9 cm³/mol. The van der Waals surface area contributed by atoms with Gasteiger partial charge in [-0.2, -0.15) is 0 Å². The molecule has 1 unspecified atom stereocenters. The molecule has 3 N–H and O–H groups in total. The quantitative estimate of drug-likeness (QED) is 0.543. The Hall–Kier alpha value is -2.20. The Balaban J connectivity index is 2.51. The normalized spacial score (nSPS) is 14.5. The molecular formula is C19H26N2O2. The molecule has 1 rings (SSSR count). The molecule has 0 radical (unpaired) electrons. The minimum atomic E-state index is -0.270. The number of aryl methyl sites for hydroxylation is 1. The lowest BCUT2D eigenvalue weighted by molar-refractivity contribution is -0.119. The molecule has 0 saturated heterocycles. The van der Waals surface area contributed by atoms with Crippen LogP contribution in [-0.4, -0.2) is 24.3 Å². The number of aldehydes is 1. The van der Waals surface area contributed by atoms with Crippen molar-refractivity contribution in [2.45, 2.75) is 45.2 Å². The maximum absolute atomic E-state index is 11.1. The van der Waals surface area contributed by atoms with Crippen LogP contribution in [0.1, 0.15) is 32.3 Å². The minimum Gasteiger partial charge on any atom is -0.350 e. The lowest BCUT2D eigenvalue weighted by atomic mass is 10.0. The first-order valence-corrected chi connectivity index (χ1v) is 7.88. The van der Waals surface area contributed by atoms with Gasteiger partial charge in [0.15, 0.2) is 0 Å². The van der Waals surface area contributed by atoms with Crippen LogP contribution >= 0.6 is 0 Å². The molecule has 0 aromatic heterocycles. The van der Waals surface area contributed by atoms with Gasteiger partial charge in [0.05, 0.1) is 6.04 Å². The van der Waals surface area contributed by atoms with E-state index in [2.05, 4.69) is 17.4 Å². The Kier molecular flexibility index (Phi) is 8.62. The Morgan fingerprint density at radius 3 is 2.57 bits per heavy atom. The number of benzene rings is 1. The summed E-state index contributed by atoms with van der Waals surface area (Å²) in [6.45, 7) is 3.40. The van der Waals surface area contributed by atoms with Crippen molar-refractivity contribution < 1.29 is 9.59 Å². The van der Waals surface area contributed by atoms with E-state index in [0.29, 0.717) is 0 Å². The second kappa shape index (κ2) is 10.5. The van der Waals surface area contributed by atoms with Gasteiger partial charge in [-0.3, -0.25) is 4.79 Å². The average Bonchev–Trinajstić information content (AvgIpc) is 2.51. The van der Waals surface area contributed by atoms with Gasteiger partial charge in [0, 0.05) is 19.4 Å². The van der Waals surface area contributed by atoms with Crippen molar-refractivity contribution in [1.82, 2.24) is 5.32 Å². The Morgan fingerprint density at radius 1 is 1.26 bits per heavy atom. The van der Waals surface area contributed by atoms with Gasteiger partial charge in [-0.15, -0.1) is 0 Å². The minimum absolute atomic E-state index is 0.0230. The lowest BCUT2D eigenvalue weighted by Crippen LogP contribution is -2.31. The van der Waals surface area contributed by atoms with Gasteiger partial charge in [0.1, 0.15) is 6.29 Å². The molecule has 4 nitrogen and oxygen atoms in total. The Morgan fingerprint density at radius 2 is 1.96 bits per heavy atom. The lowest BCUT2D eigenvalue weighted by Gasteiger charge is -2.11. The van der Waals surface area contributed by atoms with E-state index in [4.69, 9.17) is 5.73 Å². The van der Waals surface area contributed by atoms with E-state index < -0.39 is 0 Å². The fourth-order valence-electron chi connectivity index (χ4n) is 2.27. The van der Waals surface area contributed by atoms with Crippen molar-refractivity contribution in [3.8, 4) is 0 Å². The molecule has 0 aliphatic heterocycles. The Labute approximate surface area is 138 Å². The molecular weight excluding hydrogens is 288 g/mol. The van der Waals surface area contributed by atoms with Gasteiger partial charge in [0.25, 0.3) is 0 Å². The molecule has 1 aromatic rings. The fraction of sp³-hybridized carbons (Fsp3) is 0.368. The van der Waals surface area contributed by atoms with Crippen molar-refractivity contribution in [3.05, 3.63) is 59.7 Å². The molecule has 124 valence electrons. The summed E-state index contributed by atoms with van der Waals surface area (Å²) in [6.07, 6.45) is 8.61. The number of hydrogen-bond donors (Lipinski definition) is 2. The van der Waals surface area contributed by atoms with Crippen molar-refractivity contribution >= 4 is 12.2 Å². The van der Waals surface area contributed by atoms with Crippen LogP contribution in [0.5, 0.6) is 0 Å². The first kappa shape index (κ1) is 18.8. The number of allylic oxidation sites excluding steroid dienone is 2. The summed E-state index contributed by atoms with van der Waals surface area (Å²) >= 11 is 0. The largest absolute Gasteiger partial charge is 0.350 e. The third-order valence-electron chi connectivity index (χ3n) is 3.42. The highest BCUT2D eigenvalue weighted by Gasteiger charge is 2.05. The second-order valence-electron chi connectivity index (χ2n) is 5.67. The Bertz CT molecular complexity index is 550. The molecule has 0 saturated carbocycles. The number of nitrogens with one attached hydrogen (secondary N) is 1. The standard InChI is InChI=1S/C19H26N2O2/c1-15(8-11-19(12-13-22)21-16(2)23)14-18(20)10-9-17-6-4-3-5-7-17/h3-8,11,13-14,18-19H,9-10,12,20H2,1-2H3,(H,21,23)/b11-8+,15-14+/t18-,19?/m1/s1. The van der Waals surface area contributed by atoms with Crippen LogP contribution in [0.15, 0.2) is 54.1 Å². The van der Waals surface area contributed by atoms with E-state index in [9.17, 15) is 9.59 Å². The van der Waals surface area contributed by atoms with E-state index in [0.717, 1.165) is 24.7 Å². The monoisotopic (exact) mass is 314 g/mol. The van der Waals surface area contributed by atoms with Gasteiger partial charge >= 0.3 is 0 Å². The van der Waals surface area contributed by atoms with Crippen molar-refractivity contribution in [1.29, 1.82) is 0 Å². The van der Waals surface area contributed by atoms with Crippen LogP contribution in [0, 0.1) is 0 Å². The fourth-order valence-corrected chi connectivity index (χ4v) is 2.27. The van der Waals surface area contributed by atoms with Crippen molar-refractivity contribution in [2.24, 2.45) is 5.73 Å². The van der Waals surface area contributed by atoms with Crippen molar-refractivity contribution in [2.75, 3.05) is 0 Å². The third-order valence-corrected chi connectivity index (χ3v) is 3.42. The topological polar surface area (TPSA) is 72.2 Å². The third kappa shape index (κ3) is 8.73. The SMILES string of the molecule is CC(=O)NC(/C=C/C(C)=C/[C@H](N)CCc1ccccc1)CC=O.